The molecular weight excluding hydrogens is 306 g/mol. The van der Waals surface area contributed by atoms with Gasteiger partial charge in [-0.25, -0.2) is 4.98 Å². The zero-order valence-electron chi connectivity index (χ0n) is 14.8. The van der Waals surface area contributed by atoms with E-state index in [1.54, 1.807) is 4.68 Å². The zero-order valence-corrected chi connectivity index (χ0v) is 14.8. The summed E-state index contributed by atoms with van der Waals surface area (Å²) in [6, 6.07) is 2.18. The van der Waals surface area contributed by atoms with Crippen LogP contribution in [-0.2, 0) is 11.8 Å². The molecule has 0 radical (unpaired) electrons. The number of ether oxygens (including phenoxy) is 1. The molecule has 1 atom stereocenters. The van der Waals surface area contributed by atoms with Gasteiger partial charge in [-0.1, -0.05) is 0 Å². The minimum Gasteiger partial charge on any atom is -0.379 e. The summed E-state index contributed by atoms with van der Waals surface area (Å²) < 4.78 is 7.12. The molecule has 7 heteroatoms. The van der Waals surface area contributed by atoms with Crippen LogP contribution in [0.3, 0.4) is 0 Å². The van der Waals surface area contributed by atoms with Crippen LogP contribution in [0, 0.1) is 13.8 Å². The standard InChI is InChI=1S/C17H25N5O2/c1-11(22-5-7-24-8-6-22)10-18-17(23)15-9-14-13(3)20-21(4)16(14)19-12(15)2/h9,11H,5-8,10H2,1-4H3,(H,18,23)/t11-/m0/s1. The van der Waals surface area contributed by atoms with Crippen molar-refractivity contribution in [3.8, 4) is 0 Å². The molecule has 7 nitrogen and oxygen atoms in total. The number of morpholine rings is 1. The minimum absolute atomic E-state index is 0.0785. The van der Waals surface area contributed by atoms with E-state index in [0.717, 1.165) is 48.7 Å². The Bertz CT molecular complexity index is 749. The fourth-order valence-electron chi connectivity index (χ4n) is 3.14. The van der Waals surface area contributed by atoms with Gasteiger partial charge in [-0.2, -0.15) is 5.10 Å². The summed E-state index contributed by atoms with van der Waals surface area (Å²) in [4.78, 5) is 19.5. The van der Waals surface area contributed by atoms with E-state index >= 15 is 0 Å². The van der Waals surface area contributed by atoms with Crippen LogP contribution in [0.5, 0.6) is 0 Å². The number of amides is 1. The average Bonchev–Trinajstić information content (AvgIpc) is 2.86. The molecule has 130 valence electrons. The molecule has 24 heavy (non-hydrogen) atoms. The zero-order chi connectivity index (χ0) is 17.3. The Morgan fingerprint density at radius 3 is 2.75 bits per heavy atom. The summed E-state index contributed by atoms with van der Waals surface area (Å²) in [5, 5.41) is 8.34. The largest absolute Gasteiger partial charge is 0.379 e. The first kappa shape index (κ1) is 16.9. The lowest BCUT2D eigenvalue weighted by Gasteiger charge is -2.32. The van der Waals surface area contributed by atoms with Crippen LogP contribution in [-0.4, -0.2) is 64.5 Å². The molecular formula is C17H25N5O2. The highest BCUT2D eigenvalue weighted by molar-refractivity contribution is 5.98. The van der Waals surface area contributed by atoms with E-state index in [9.17, 15) is 4.79 Å². The molecule has 3 heterocycles. The van der Waals surface area contributed by atoms with Gasteiger partial charge in [-0.05, 0) is 26.8 Å². The highest BCUT2D eigenvalue weighted by Gasteiger charge is 2.19. The number of aryl methyl sites for hydroxylation is 3. The van der Waals surface area contributed by atoms with Gasteiger partial charge in [0.2, 0.25) is 0 Å². The molecule has 0 spiro atoms. The second kappa shape index (κ2) is 6.86. The van der Waals surface area contributed by atoms with Crippen molar-refractivity contribution in [1.29, 1.82) is 0 Å². The Morgan fingerprint density at radius 1 is 1.33 bits per heavy atom. The second-order valence-electron chi connectivity index (χ2n) is 6.41. The first-order valence-corrected chi connectivity index (χ1v) is 8.38. The molecule has 2 aromatic heterocycles. The van der Waals surface area contributed by atoms with Crippen LogP contribution in [0.25, 0.3) is 11.0 Å². The molecule has 0 aromatic carbocycles. The van der Waals surface area contributed by atoms with Crippen molar-refractivity contribution >= 4 is 16.9 Å². The number of rotatable bonds is 4. The lowest BCUT2D eigenvalue weighted by molar-refractivity contribution is 0.0204. The Kier molecular flexibility index (Phi) is 4.82. The number of nitrogens with one attached hydrogen (secondary N) is 1. The number of fused-ring (bicyclic) bond motifs is 1. The van der Waals surface area contributed by atoms with Crippen molar-refractivity contribution in [3.05, 3.63) is 23.0 Å². The van der Waals surface area contributed by atoms with Gasteiger partial charge in [0.05, 0.1) is 30.2 Å². The van der Waals surface area contributed by atoms with Crippen LogP contribution >= 0.6 is 0 Å². The maximum Gasteiger partial charge on any atom is 0.253 e. The fraction of sp³-hybridized carbons (Fsp3) is 0.588. The van der Waals surface area contributed by atoms with Gasteiger partial charge < -0.3 is 10.1 Å². The second-order valence-corrected chi connectivity index (χ2v) is 6.41. The molecule has 1 N–H and O–H groups in total. The molecule has 0 saturated carbocycles. The van der Waals surface area contributed by atoms with Gasteiger partial charge in [0.15, 0.2) is 5.65 Å². The van der Waals surface area contributed by atoms with Gasteiger partial charge in [0.1, 0.15) is 0 Å². The lowest BCUT2D eigenvalue weighted by Crippen LogP contribution is -2.47. The van der Waals surface area contributed by atoms with Crippen molar-refractivity contribution in [3.63, 3.8) is 0 Å². The van der Waals surface area contributed by atoms with Gasteiger partial charge in [-0.3, -0.25) is 14.4 Å². The molecule has 1 fully saturated rings. The summed E-state index contributed by atoms with van der Waals surface area (Å²) in [7, 11) is 1.87. The Morgan fingerprint density at radius 2 is 2.04 bits per heavy atom. The van der Waals surface area contributed by atoms with E-state index in [1.165, 1.54) is 0 Å². The molecule has 2 aromatic rings. The highest BCUT2D eigenvalue weighted by Crippen LogP contribution is 2.19. The minimum atomic E-state index is -0.0785. The normalized spacial score (nSPS) is 17.2. The van der Waals surface area contributed by atoms with Crippen LogP contribution < -0.4 is 5.32 Å². The predicted octanol–water partition coefficient (Wildman–Crippen LogP) is 1.04. The number of hydrogen-bond donors (Lipinski definition) is 1. The molecule has 1 saturated heterocycles. The maximum absolute atomic E-state index is 12.6. The smallest absolute Gasteiger partial charge is 0.253 e. The number of carbonyl (C=O) groups is 1. The molecule has 1 amide bonds. The van der Waals surface area contributed by atoms with Gasteiger partial charge in [-0.15, -0.1) is 0 Å². The van der Waals surface area contributed by atoms with E-state index in [-0.39, 0.29) is 11.9 Å². The Hall–Kier alpha value is -1.99. The van der Waals surface area contributed by atoms with Crippen LogP contribution in [0.15, 0.2) is 6.07 Å². The third kappa shape index (κ3) is 3.27. The van der Waals surface area contributed by atoms with Gasteiger partial charge >= 0.3 is 0 Å². The van der Waals surface area contributed by atoms with Crippen LogP contribution in [0.1, 0.15) is 28.7 Å². The van der Waals surface area contributed by atoms with Gasteiger partial charge in [0, 0.05) is 38.1 Å². The number of aromatic nitrogens is 3. The summed E-state index contributed by atoms with van der Waals surface area (Å²) in [5.41, 5.74) is 3.04. The summed E-state index contributed by atoms with van der Waals surface area (Å²) in [5.74, 6) is -0.0785. The molecule has 0 unspecified atom stereocenters. The number of nitrogens with zero attached hydrogens (tertiary/aromatic N) is 4. The Balaban J connectivity index is 1.71. The molecule has 0 aliphatic carbocycles. The number of pyridine rings is 1. The van der Waals surface area contributed by atoms with E-state index in [2.05, 4.69) is 27.2 Å². The van der Waals surface area contributed by atoms with Crippen LogP contribution in [0.4, 0.5) is 0 Å². The third-order valence-electron chi connectivity index (χ3n) is 4.66. The average molecular weight is 331 g/mol. The monoisotopic (exact) mass is 331 g/mol. The highest BCUT2D eigenvalue weighted by atomic mass is 16.5. The predicted molar refractivity (Wildman–Crippen MR) is 92.2 cm³/mol. The van der Waals surface area contributed by atoms with Gasteiger partial charge in [0.25, 0.3) is 5.91 Å². The number of hydrogen-bond acceptors (Lipinski definition) is 5. The van der Waals surface area contributed by atoms with E-state index in [1.807, 2.05) is 27.0 Å². The molecule has 1 aliphatic heterocycles. The molecule has 3 rings (SSSR count). The summed E-state index contributed by atoms with van der Waals surface area (Å²) in [6.45, 7) is 9.89. The fourth-order valence-corrected chi connectivity index (χ4v) is 3.14. The summed E-state index contributed by atoms with van der Waals surface area (Å²) >= 11 is 0. The lowest BCUT2D eigenvalue weighted by atomic mass is 10.1. The van der Waals surface area contributed by atoms with Crippen molar-refractivity contribution in [2.45, 2.75) is 26.8 Å². The first-order chi connectivity index (χ1) is 11.5. The van der Waals surface area contributed by atoms with Crippen LogP contribution in [0.2, 0.25) is 0 Å². The topological polar surface area (TPSA) is 72.3 Å². The van der Waals surface area contributed by atoms with E-state index in [0.29, 0.717) is 12.1 Å². The van der Waals surface area contributed by atoms with Crippen molar-refractivity contribution in [2.75, 3.05) is 32.8 Å². The SMILES string of the molecule is Cc1nc2c(cc1C(=O)NC[C@H](C)N1CCOCC1)c(C)nn2C. The summed E-state index contributed by atoms with van der Waals surface area (Å²) in [6.07, 6.45) is 0. The number of carbonyl (C=O) groups excluding carboxylic acids is 1. The van der Waals surface area contributed by atoms with Crippen molar-refractivity contribution in [2.24, 2.45) is 7.05 Å². The maximum atomic E-state index is 12.6. The molecule has 0 bridgehead atoms. The third-order valence-corrected chi connectivity index (χ3v) is 4.66. The van der Waals surface area contributed by atoms with E-state index < -0.39 is 0 Å². The Labute approximate surface area is 142 Å². The quantitative estimate of drug-likeness (QED) is 0.906. The van der Waals surface area contributed by atoms with Crippen molar-refractivity contribution < 1.29 is 9.53 Å². The van der Waals surface area contributed by atoms with E-state index in [4.69, 9.17) is 4.74 Å². The van der Waals surface area contributed by atoms with Crippen molar-refractivity contribution in [1.82, 2.24) is 25.0 Å². The first-order valence-electron chi connectivity index (χ1n) is 8.38. The molecule has 1 aliphatic rings.